The molecule has 0 saturated carbocycles. The van der Waals surface area contributed by atoms with Crippen LogP contribution in [0.2, 0.25) is 10.0 Å². The standard InChI is InChI=1S/C14H10Cl2O5S/c1-8-2-4-10(5-3-8)22(19,20)21-13-11(14(17)18)6-9(15)7-12(13)16/h2-7H,1H3,(H,17,18). The van der Waals surface area contributed by atoms with Crippen molar-refractivity contribution in [1.29, 1.82) is 0 Å². The molecule has 0 amide bonds. The Bertz CT molecular complexity index is 829. The Labute approximate surface area is 137 Å². The molecule has 0 spiro atoms. The molecule has 116 valence electrons. The van der Waals surface area contributed by atoms with Gasteiger partial charge in [-0.1, -0.05) is 40.9 Å². The highest BCUT2D eigenvalue weighted by molar-refractivity contribution is 7.87. The van der Waals surface area contributed by atoms with Crippen LogP contribution in [-0.2, 0) is 10.1 Å². The largest absolute Gasteiger partial charge is 0.478 e. The minimum absolute atomic E-state index is 0.0579. The van der Waals surface area contributed by atoms with Crippen LogP contribution in [0.5, 0.6) is 5.75 Å². The van der Waals surface area contributed by atoms with Gasteiger partial charge in [-0.2, -0.15) is 8.42 Å². The number of rotatable bonds is 4. The predicted molar refractivity (Wildman–Crippen MR) is 82.4 cm³/mol. The maximum absolute atomic E-state index is 12.2. The summed E-state index contributed by atoms with van der Waals surface area (Å²) in [6.45, 7) is 1.80. The second kappa shape index (κ2) is 6.16. The Balaban J connectivity index is 2.50. The van der Waals surface area contributed by atoms with Gasteiger partial charge in [-0.15, -0.1) is 0 Å². The van der Waals surface area contributed by atoms with E-state index in [1.807, 2.05) is 0 Å². The van der Waals surface area contributed by atoms with Crippen molar-refractivity contribution < 1.29 is 22.5 Å². The maximum Gasteiger partial charge on any atom is 0.339 e. The number of benzene rings is 2. The van der Waals surface area contributed by atoms with Gasteiger partial charge in [-0.25, -0.2) is 4.79 Å². The molecule has 0 aliphatic carbocycles. The molecule has 2 aromatic rings. The number of hydrogen-bond acceptors (Lipinski definition) is 4. The highest BCUT2D eigenvalue weighted by Crippen LogP contribution is 2.34. The molecule has 0 fully saturated rings. The summed E-state index contributed by atoms with van der Waals surface area (Å²) in [7, 11) is -4.21. The molecule has 0 aromatic heterocycles. The fourth-order valence-corrected chi connectivity index (χ4v) is 3.21. The first-order valence-corrected chi connectivity index (χ1v) is 8.10. The minimum Gasteiger partial charge on any atom is -0.478 e. The van der Waals surface area contributed by atoms with Crippen LogP contribution in [0.25, 0.3) is 0 Å². The van der Waals surface area contributed by atoms with E-state index in [0.29, 0.717) is 0 Å². The second-order valence-corrected chi connectivity index (χ2v) is 6.81. The van der Waals surface area contributed by atoms with Crippen molar-refractivity contribution in [3.05, 3.63) is 57.6 Å². The van der Waals surface area contributed by atoms with Gasteiger partial charge >= 0.3 is 16.1 Å². The van der Waals surface area contributed by atoms with E-state index in [1.165, 1.54) is 18.2 Å². The fourth-order valence-electron chi connectivity index (χ4n) is 1.67. The van der Waals surface area contributed by atoms with E-state index >= 15 is 0 Å². The van der Waals surface area contributed by atoms with E-state index in [-0.39, 0.29) is 14.9 Å². The normalized spacial score (nSPS) is 11.2. The first kappa shape index (κ1) is 16.6. The third kappa shape index (κ3) is 3.52. The molecule has 0 aliphatic rings. The van der Waals surface area contributed by atoms with Crippen LogP contribution in [-0.4, -0.2) is 19.5 Å². The van der Waals surface area contributed by atoms with Crippen LogP contribution >= 0.6 is 23.2 Å². The lowest BCUT2D eigenvalue weighted by atomic mass is 10.2. The summed E-state index contributed by atoms with van der Waals surface area (Å²) in [5.41, 5.74) is 0.433. The molecular weight excluding hydrogens is 351 g/mol. The van der Waals surface area contributed by atoms with Crippen molar-refractivity contribution in [2.45, 2.75) is 11.8 Å². The number of aromatic carboxylic acids is 1. The number of halogens is 2. The Kier molecular flexibility index (Phi) is 4.65. The van der Waals surface area contributed by atoms with E-state index in [9.17, 15) is 13.2 Å². The lowest BCUT2D eigenvalue weighted by molar-refractivity contribution is 0.0695. The van der Waals surface area contributed by atoms with E-state index in [0.717, 1.165) is 11.6 Å². The van der Waals surface area contributed by atoms with Gasteiger partial charge in [0.15, 0.2) is 5.75 Å². The molecule has 0 unspecified atom stereocenters. The zero-order valence-corrected chi connectivity index (χ0v) is 13.5. The summed E-state index contributed by atoms with van der Waals surface area (Å²) >= 11 is 11.6. The van der Waals surface area contributed by atoms with Crippen LogP contribution in [0.1, 0.15) is 15.9 Å². The summed E-state index contributed by atoms with van der Waals surface area (Å²) in [5.74, 6) is -1.88. The average molecular weight is 361 g/mol. The maximum atomic E-state index is 12.2. The van der Waals surface area contributed by atoms with Gasteiger partial charge < -0.3 is 9.29 Å². The predicted octanol–water partition coefficient (Wildman–Crippen LogP) is 3.77. The topological polar surface area (TPSA) is 80.7 Å². The Morgan fingerprint density at radius 1 is 1.14 bits per heavy atom. The molecule has 0 aliphatic heterocycles. The van der Waals surface area contributed by atoms with Crippen molar-refractivity contribution in [3.8, 4) is 5.75 Å². The quantitative estimate of drug-likeness (QED) is 0.839. The van der Waals surface area contributed by atoms with Crippen molar-refractivity contribution in [1.82, 2.24) is 0 Å². The average Bonchev–Trinajstić information content (AvgIpc) is 2.41. The summed E-state index contributed by atoms with van der Waals surface area (Å²) in [4.78, 5) is 11.1. The molecule has 8 heteroatoms. The Morgan fingerprint density at radius 3 is 2.27 bits per heavy atom. The van der Waals surface area contributed by atoms with E-state index in [4.69, 9.17) is 32.5 Å². The lowest BCUT2D eigenvalue weighted by Crippen LogP contribution is -2.13. The highest BCUT2D eigenvalue weighted by Gasteiger charge is 2.24. The third-order valence-corrected chi connectivity index (χ3v) is 4.48. The molecule has 0 heterocycles. The molecule has 5 nitrogen and oxygen atoms in total. The number of carboxylic acid groups (broad SMARTS) is 1. The number of hydrogen-bond donors (Lipinski definition) is 1. The molecule has 0 saturated heterocycles. The molecule has 0 bridgehead atoms. The minimum atomic E-state index is -4.21. The van der Waals surface area contributed by atoms with Crippen LogP contribution in [0.3, 0.4) is 0 Å². The molecular formula is C14H10Cl2O5S. The number of carboxylic acids is 1. The van der Waals surface area contributed by atoms with Gasteiger partial charge in [-0.05, 0) is 31.2 Å². The fraction of sp³-hybridized carbons (Fsp3) is 0.0714. The van der Waals surface area contributed by atoms with Gasteiger partial charge in [0, 0.05) is 5.02 Å². The van der Waals surface area contributed by atoms with Crippen LogP contribution < -0.4 is 4.18 Å². The van der Waals surface area contributed by atoms with Gasteiger partial charge in [0.2, 0.25) is 0 Å². The SMILES string of the molecule is Cc1ccc(S(=O)(=O)Oc2c(Cl)cc(Cl)cc2C(=O)O)cc1. The van der Waals surface area contributed by atoms with Crippen molar-refractivity contribution >= 4 is 39.3 Å². The van der Waals surface area contributed by atoms with E-state index < -0.39 is 27.4 Å². The highest BCUT2D eigenvalue weighted by atomic mass is 35.5. The van der Waals surface area contributed by atoms with Crippen molar-refractivity contribution in [2.75, 3.05) is 0 Å². The Hall–Kier alpha value is -1.76. The number of carbonyl (C=O) groups is 1. The smallest absolute Gasteiger partial charge is 0.339 e. The summed E-state index contributed by atoms with van der Waals surface area (Å²) in [6, 6.07) is 8.17. The summed E-state index contributed by atoms with van der Waals surface area (Å²) in [5, 5.41) is 8.98. The molecule has 0 atom stereocenters. The van der Waals surface area contributed by atoms with Crippen molar-refractivity contribution in [3.63, 3.8) is 0 Å². The molecule has 2 rings (SSSR count). The van der Waals surface area contributed by atoms with Gasteiger partial charge in [0.05, 0.1) is 5.02 Å². The lowest BCUT2D eigenvalue weighted by Gasteiger charge is -2.11. The summed E-state index contributed by atoms with van der Waals surface area (Å²) in [6.07, 6.45) is 0. The van der Waals surface area contributed by atoms with Crippen LogP contribution in [0.15, 0.2) is 41.3 Å². The van der Waals surface area contributed by atoms with E-state index in [2.05, 4.69) is 0 Å². The van der Waals surface area contributed by atoms with Gasteiger partial charge in [-0.3, -0.25) is 0 Å². The van der Waals surface area contributed by atoms with Crippen LogP contribution in [0, 0.1) is 6.92 Å². The van der Waals surface area contributed by atoms with Gasteiger partial charge in [0.25, 0.3) is 0 Å². The van der Waals surface area contributed by atoms with Gasteiger partial charge in [0.1, 0.15) is 10.5 Å². The molecule has 0 radical (unpaired) electrons. The second-order valence-electron chi connectivity index (χ2n) is 4.42. The van der Waals surface area contributed by atoms with Crippen molar-refractivity contribution in [2.24, 2.45) is 0 Å². The zero-order chi connectivity index (χ0) is 16.5. The monoisotopic (exact) mass is 360 g/mol. The molecule has 22 heavy (non-hydrogen) atoms. The van der Waals surface area contributed by atoms with Crippen LogP contribution in [0.4, 0.5) is 0 Å². The zero-order valence-electron chi connectivity index (χ0n) is 11.2. The third-order valence-electron chi connectivity index (χ3n) is 2.74. The first-order chi connectivity index (χ1) is 10.2. The first-order valence-electron chi connectivity index (χ1n) is 5.94. The van der Waals surface area contributed by atoms with E-state index in [1.54, 1.807) is 19.1 Å². The molecule has 2 aromatic carbocycles. The number of aryl methyl sites for hydroxylation is 1. The Morgan fingerprint density at radius 2 is 1.73 bits per heavy atom. The summed E-state index contributed by atoms with van der Waals surface area (Å²) < 4.78 is 29.3. The molecule has 1 N–H and O–H groups in total.